The first kappa shape index (κ1) is 132. The lowest BCUT2D eigenvalue weighted by atomic mass is 30.1. The quantitative estimate of drug-likeness (QED) is 0.0337. The van der Waals surface area contributed by atoms with Gasteiger partial charge in [0.2, 0.25) is 0 Å². The van der Waals surface area contributed by atoms with Crippen LogP contribution in [0.5, 0.6) is 0 Å². The molecule has 0 amide bonds. The summed E-state index contributed by atoms with van der Waals surface area (Å²) in [6.07, 6.45) is 0. The Bertz CT molecular complexity index is 1170. The molecular formula is H2S98. The highest BCUT2D eigenvalue weighted by Crippen LogP contribution is 2.74. The molecule has 0 radical (unpaired) electrons. The van der Waals surface area contributed by atoms with Gasteiger partial charge in [0.25, 0.3) is 0 Å². The molecule has 0 aromatic carbocycles. The molecule has 0 saturated carbocycles. The van der Waals surface area contributed by atoms with Gasteiger partial charge in [-0.15, -0.1) is 0 Å². The van der Waals surface area contributed by atoms with Crippen LogP contribution in [0.2, 0.25) is 0 Å². The molecular weight excluding hydrogens is 3140 g/mol. The molecule has 0 fully saturated rings. The van der Waals surface area contributed by atoms with E-state index in [1.807, 2.05) is 825 Å². The minimum absolute atomic E-state index is 1.49. The smallest absolute Gasteiger partial charge is 0 e. The molecule has 0 aromatic heterocycles. The SMILES string of the molecule is SSSSSSSSSSSSSSSSSSSSSSSSSSSSSSSSSSSSSSSSSSSSSSSSSSSSSSSSSSSSSSSSSSSSSSSSSSSSSSSSSSSSSSSSSSSSSSSSSS. The summed E-state index contributed by atoms with van der Waals surface area (Å²) in [5.74, 6) is 0. The zero-order valence-corrected chi connectivity index (χ0v) is 120. The van der Waals surface area contributed by atoms with E-state index in [4.69, 9.17) is 0 Å². The first-order valence-corrected chi connectivity index (χ1v) is 146. The Kier molecular flexibility index (Phi) is 177. The van der Waals surface area contributed by atoms with Crippen LogP contribution in [-0.4, -0.2) is 0 Å². The van der Waals surface area contributed by atoms with Gasteiger partial charge in [-0.2, -0.15) is 0 Å². The summed E-state index contributed by atoms with van der Waals surface area (Å²) in [6.45, 7) is 0. The Labute approximate surface area is 938 Å². The molecule has 98 heteroatoms. The Morgan fingerprint density at radius 3 is 0.112 bits per heavy atom. The topological polar surface area (TPSA) is 0 Å². The first-order chi connectivity index (χ1) is 48.9. The van der Waals surface area contributed by atoms with Gasteiger partial charge in [-0.05, 0) is 157 Å². The number of hydrogen-bond acceptors (Lipinski definition) is 98. The molecule has 0 bridgehead atoms. The lowest BCUT2D eigenvalue weighted by Gasteiger charge is -2.00. The summed E-state index contributed by atoms with van der Waals surface area (Å²) >= 11 is 8.21. The predicted molar refractivity (Wildman–Crippen MR) is 747 cm³/mol. The van der Waals surface area contributed by atoms with Crippen LogP contribution < -0.4 is 0 Å². The fraction of sp³-hybridized carbons (Fsp3) is 0. The van der Waals surface area contributed by atoms with Gasteiger partial charge in [0.1, 0.15) is 0 Å². The molecule has 0 N–H and O–H groups in total. The highest BCUT2D eigenvalue weighted by Gasteiger charge is 2.09. The van der Waals surface area contributed by atoms with Gasteiger partial charge < -0.3 is 0 Å². The van der Waals surface area contributed by atoms with E-state index in [1.165, 1.54) is 19.7 Å². The zero-order chi connectivity index (χ0) is 69.9. The van der Waals surface area contributed by atoms with Gasteiger partial charge in [-0.1, -0.05) is 23.3 Å². The van der Waals surface area contributed by atoms with Gasteiger partial charge in [-0.3, -0.25) is 0 Å². The van der Waals surface area contributed by atoms with Crippen molar-refractivity contribution >= 4 is 967 Å². The van der Waals surface area contributed by atoms with Crippen molar-refractivity contribution in [2.45, 2.75) is 0 Å². The Morgan fingerprint density at radius 1 is 0.0510 bits per heavy atom. The molecule has 98 heavy (non-hydrogen) atoms. The molecule has 0 aromatic rings. The lowest BCUT2D eigenvalue weighted by Crippen LogP contribution is -1.35. The summed E-state index contributed by atoms with van der Waals surface area (Å²) in [5.41, 5.74) is 0. The van der Waals surface area contributed by atoms with E-state index >= 15 is 0 Å². The summed E-state index contributed by atoms with van der Waals surface area (Å²) in [4.78, 5) is 0. The lowest BCUT2D eigenvalue weighted by molar-refractivity contribution is 5.59. The third-order valence-corrected chi connectivity index (χ3v) is 214. The van der Waals surface area contributed by atoms with Crippen LogP contribution >= 0.6 is 967 Å². The largest absolute Gasteiger partial charge is 0.0988 e. The predicted octanol–water partition coefficient (Wildman–Crippen LogP) is 63.0. The van der Waals surface area contributed by atoms with Crippen molar-refractivity contribution in [3.8, 4) is 0 Å². The number of hydrogen-bond donors (Lipinski definition) is 2. The normalized spacial score (nSPS) is 11.8. The van der Waals surface area contributed by atoms with Crippen molar-refractivity contribution in [3.63, 3.8) is 0 Å². The second-order valence-corrected chi connectivity index (χ2v) is 177. The summed E-state index contributed by atoms with van der Waals surface area (Å²) in [6, 6.07) is 0. The molecule has 0 rings (SSSR count). The van der Waals surface area contributed by atoms with Gasteiger partial charge in [-0.25, -0.2) is 0 Å². The Morgan fingerprint density at radius 2 is 0.0816 bits per heavy atom. The summed E-state index contributed by atoms with van der Waals surface area (Å²) < 4.78 is 0. The van der Waals surface area contributed by atoms with Crippen LogP contribution in [0, 0.1) is 0 Å². The van der Waals surface area contributed by atoms with Crippen LogP contribution in [0.4, 0.5) is 0 Å². The van der Waals surface area contributed by atoms with Crippen molar-refractivity contribution in [1.82, 2.24) is 0 Å². The summed E-state index contributed by atoms with van der Waals surface area (Å²) in [5, 5.41) is 0. The fourth-order valence-electron chi connectivity index (χ4n) is 1.07. The third kappa shape index (κ3) is 130. The number of thiol groups is 2. The second kappa shape index (κ2) is 131. The third-order valence-electron chi connectivity index (χ3n) is 2.64. The van der Waals surface area contributed by atoms with Gasteiger partial charge in [0.05, 0.1) is 0 Å². The minimum atomic E-state index is 1.49. The van der Waals surface area contributed by atoms with E-state index in [-0.39, 0.29) is 0 Å². The van der Waals surface area contributed by atoms with Gasteiger partial charge in [0.15, 0.2) is 0 Å². The standard InChI is InChI=1S/H2S98/c1-3-5-7-9-11-13-15-17-19-21-23-25-27-29-31-33-35-37-39-41-43-45-47-49-51-53-55-57-59-61-63-65-67-69-71-73-75-77-79-81-83-85-87-89-91-93-95-97-98-96-94-92-90-88-86-84-82-80-78-76-74-72-70-68-66-64-62-60-58-56-54-52-50-48-46-44-42-40-38-36-34-32-30-28-26-24-22-20-18-16-14-12-10-8-6-4-2/h1-2H. The second-order valence-electron chi connectivity index (χ2n) is 6.54. The average Bonchev–Trinajstić information content (AvgIpc) is 3.63. The first-order valence-electron chi connectivity index (χ1n) is 16.2. The Balaban J connectivity index is 3.09. The van der Waals surface area contributed by atoms with Crippen LogP contribution in [-0.2, 0) is 0 Å². The van der Waals surface area contributed by atoms with E-state index < -0.39 is 0 Å². The van der Waals surface area contributed by atoms with E-state index in [2.05, 4.69) is 23.3 Å². The van der Waals surface area contributed by atoms with E-state index in [1.54, 1.807) is 98.3 Å². The maximum absolute atomic E-state index is 4.10. The maximum atomic E-state index is 4.10. The van der Waals surface area contributed by atoms with Crippen LogP contribution in [0.3, 0.4) is 0 Å². The van der Waals surface area contributed by atoms with Crippen LogP contribution in [0.25, 0.3) is 0 Å². The van der Waals surface area contributed by atoms with Crippen molar-refractivity contribution in [1.29, 1.82) is 0 Å². The van der Waals surface area contributed by atoms with E-state index in [0.29, 0.717) is 0 Å². The zero-order valence-electron chi connectivity index (χ0n) is 40.1. The summed E-state index contributed by atoms with van der Waals surface area (Å²) in [7, 11) is 174. The molecule has 0 aliphatic rings. The molecule has 0 heterocycles. The molecule has 0 unspecified atom stereocenters. The Hall–Kier alpha value is 34.3. The van der Waals surface area contributed by atoms with Crippen LogP contribution in [0.1, 0.15) is 0 Å². The molecule has 0 aliphatic carbocycles. The van der Waals surface area contributed by atoms with Crippen molar-refractivity contribution < 1.29 is 0 Å². The number of rotatable bonds is 95. The van der Waals surface area contributed by atoms with E-state index in [9.17, 15) is 0 Å². The highest BCUT2D eigenvalue weighted by molar-refractivity contribution is 9.68. The molecule has 0 nitrogen and oxygen atoms in total. The van der Waals surface area contributed by atoms with E-state index in [0.717, 1.165) is 0 Å². The van der Waals surface area contributed by atoms with Crippen molar-refractivity contribution in [2.24, 2.45) is 0 Å². The molecule has 0 aliphatic heterocycles. The minimum Gasteiger partial charge on any atom is -0.0988 e. The van der Waals surface area contributed by atoms with Crippen molar-refractivity contribution in [3.05, 3.63) is 0 Å². The molecule has 0 atom stereocenters. The van der Waals surface area contributed by atoms with Gasteiger partial charge in [0, 0.05) is 786 Å². The van der Waals surface area contributed by atoms with Crippen molar-refractivity contribution in [2.75, 3.05) is 0 Å². The fourth-order valence-corrected chi connectivity index (χ4v) is 260. The maximum Gasteiger partial charge on any atom is 0 e. The average molecular weight is 3140 g/mol. The highest BCUT2D eigenvalue weighted by atomic mass is 34.2. The molecule has 590 valence electrons. The molecule has 0 spiro atoms. The monoisotopic (exact) mass is 3140 g/mol. The van der Waals surface area contributed by atoms with Gasteiger partial charge >= 0.3 is 0 Å². The molecule has 0 saturated heterocycles. The van der Waals surface area contributed by atoms with Crippen LogP contribution in [0.15, 0.2) is 0 Å².